The van der Waals surface area contributed by atoms with Gasteiger partial charge < -0.3 is 14.1 Å². The smallest absolute Gasteiger partial charge is 0.236 e. The molecule has 0 bridgehead atoms. The summed E-state index contributed by atoms with van der Waals surface area (Å²) in [6.45, 7) is 5.64. The van der Waals surface area contributed by atoms with E-state index in [4.69, 9.17) is 9.15 Å². The summed E-state index contributed by atoms with van der Waals surface area (Å²) in [5, 5.41) is 2.03. The molecule has 0 N–H and O–H groups in total. The van der Waals surface area contributed by atoms with Crippen LogP contribution in [0.2, 0.25) is 0 Å². The second-order valence-electron chi connectivity index (χ2n) is 6.56. The number of ether oxygens (including phenoxy) is 1. The number of para-hydroxylation sites is 2. The van der Waals surface area contributed by atoms with Crippen LogP contribution in [-0.2, 0) is 6.54 Å². The van der Waals surface area contributed by atoms with E-state index in [0.29, 0.717) is 5.89 Å². The molecule has 0 aliphatic carbocycles. The molecule has 0 amide bonds. The number of fused-ring (bicyclic) bond motifs is 1. The first kappa shape index (κ1) is 17.1. The lowest BCUT2D eigenvalue weighted by atomic mass is 10.2. The van der Waals surface area contributed by atoms with E-state index in [1.165, 1.54) is 5.69 Å². The number of hydrogen-bond acceptors (Lipinski definition) is 6. The molecule has 1 aliphatic rings. The van der Waals surface area contributed by atoms with Crippen LogP contribution < -0.4 is 9.64 Å². The van der Waals surface area contributed by atoms with Crippen LogP contribution in [0.4, 0.5) is 5.69 Å². The van der Waals surface area contributed by atoms with Crippen LogP contribution in [0.25, 0.3) is 10.8 Å². The molecule has 0 saturated heterocycles. The Labute approximate surface area is 157 Å². The SMILES string of the molecule is CCN1C[C@H](CN(C)Cc2coc(-c3cccs3)n2)Oc2ccccc21. The third-order valence-electron chi connectivity index (χ3n) is 4.54. The Morgan fingerprint density at radius 2 is 2.15 bits per heavy atom. The minimum absolute atomic E-state index is 0.138. The third-order valence-corrected chi connectivity index (χ3v) is 5.39. The summed E-state index contributed by atoms with van der Waals surface area (Å²) in [7, 11) is 2.10. The second-order valence-corrected chi connectivity index (χ2v) is 7.51. The third kappa shape index (κ3) is 3.61. The molecule has 6 heteroatoms. The van der Waals surface area contributed by atoms with Gasteiger partial charge in [0.05, 0.1) is 22.8 Å². The highest BCUT2D eigenvalue weighted by atomic mass is 32.1. The lowest BCUT2D eigenvalue weighted by Crippen LogP contribution is -2.45. The van der Waals surface area contributed by atoms with Crippen molar-refractivity contribution in [1.82, 2.24) is 9.88 Å². The minimum atomic E-state index is 0.138. The number of anilines is 1. The van der Waals surface area contributed by atoms with Gasteiger partial charge in [0.15, 0.2) is 0 Å². The zero-order valence-corrected chi connectivity index (χ0v) is 15.9. The molecule has 0 unspecified atom stereocenters. The number of rotatable bonds is 6. The van der Waals surface area contributed by atoms with Crippen molar-refractivity contribution in [3.05, 3.63) is 53.7 Å². The molecule has 4 rings (SSSR count). The molecule has 0 fully saturated rings. The summed E-state index contributed by atoms with van der Waals surface area (Å²) in [5.74, 6) is 1.67. The molecule has 1 aliphatic heterocycles. The first-order valence-corrected chi connectivity index (χ1v) is 9.78. The molecule has 3 aromatic rings. The lowest BCUT2D eigenvalue weighted by molar-refractivity contribution is 0.139. The molecular weight excluding hydrogens is 346 g/mol. The largest absolute Gasteiger partial charge is 0.485 e. The molecule has 1 aromatic carbocycles. The van der Waals surface area contributed by atoms with Crippen LogP contribution in [-0.4, -0.2) is 42.7 Å². The normalized spacial score (nSPS) is 16.6. The zero-order valence-electron chi connectivity index (χ0n) is 15.1. The first-order chi connectivity index (χ1) is 12.7. The van der Waals surface area contributed by atoms with E-state index >= 15 is 0 Å². The highest BCUT2D eigenvalue weighted by Gasteiger charge is 2.25. The van der Waals surface area contributed by atoms with Gasteiger partial charge in [-0.05, 0) is 37.6 Å². The zero-order chi connectivity index (χ0) is 17.9. The van der Waals surface area contributed by atoms with E-state index in [1.54, 1.807) is 17.6 Å². The van der Waals surface area contributed by atoms with Crippen molar-refractivity contribution in [3.63, 3.8) is 0 Å². The van der Waals surface area contributed by atoms with Gasteiger partial charge in [-0.25, -0.2) is 4.98 Å². The fraction of sp³-hybridized carbons (Fsp3) is 0.350. The number of likely N-dealkylation sites (N-methyl/N-ethyl adjacent to an activating group) is 2. The summed E-state index contributed by atoms with van der Waals surface area (Å²) in [6.07, 6.45) is 1.89. The van der Waals surface area contributed by atoms with Gasteiger partial charge in [-0.15, -0.1) is 11.3 Å². The summed E-state index contributed by atoms with van der Waals surface area (Å²) in [5.41, 5.74) is 2.13. The molecule has 3 heterocycles. The van der Waals surface area contributed by atoms with Crippen LogP contribution in [0.1, 0.15) is 12.6 Å². The van der Waals surface area contributed by atoms with E-state index in [2.05, 4.69) is 47.0 Å². The molecule has 1 atom stereocenters. The Morgan fingerprint density at radius 3 is 2.96 bits per heavy atom. The van der Waals surface area contributed by atoms with Gasteiger partial charge in [-0.2, -0.15) is 0 Å². The molecule has 136 valence electrons. The average molecular weight is 369 g/mol. The fourth-order valence-electron chi connectivity index (χ4n) is 3.36. The number of nitrogens with zero attached hydrogens (tertiary/aromatic N) is 3. The number of oxazole rings is 1. The van der Waals surface area contributed by atoms with E-state index in [9.17, 15) is 0 Å². The van der Waals surface area contributed by atoms with Gasteiger partial charge in [-0.3, -0.25) is 4.90 Å². The van der Waals surface area contributed by atoms with Crippen LogP contribution in [0.5, 0.6) is 5.75 Å². The fourth-order valence-corrected chi connectivity index (χ4v) is 4.01. The molecule has 5 nitrogen and oxygen atoms in total. The van der Waals surface area contributed by atoms with Crippen LogP contribution in [0.3, 0.4) is 0 Å². The second kappa shape index (κ2) is 7.51. The number of hydrogen-bond donors (Lipinski definition) is 0. The van der Waals surface area contributed by atoms with Crippen molar-refractivity contribution in [2.75, 3.05) is 31.6 Å². The van der Waals surface area contributed by atoms with Gasteiger partial charge in [0, 0.05) is 19.6 Å². The maximum atomic E-state index is 6.21. The van der Waals surface area contributed by atoms with Gasteiger partial charge >= 0.3 is 0 Å². The van der Waals surface area contributed by atoms with Gasteiger partial charge in [-0.1, -0.05) is 18.2 Å². The van der Waals surface area contributed by atoms with Gasteiger partial charge in [0.1, 0.15) is 18.1 Å². The van der Waals surface area contributed by atoms with Gasteiger partial charge in [0.2, 0.25) is 5.89 Å². The standard InChI is InChI=1S/C20H23N3O2S/c1-3-23-13-16(25-18-8-5-4-7-17(18)23)12-22(2)11-15-14-24-20(21-15)19-9-6-10-26-19/h4-10,14,16H,3,11-13H2,1-2H3/t16-/m0/s1. The number of benzene rings is 1. The molecule has 0 saturated carbocycles. The monoisotopic (exact) mass is 369 g/mol. The predicted molar refractivity (Wildman–Crippen MR) is 105 cm³/mol. The van der Waals surface area contributed by atoms with Crippen molar-refractivity contribution in [2.45, 2.75) is 19.6 Å². The van der Waals surface area contributed by atoms with E-state index < -0.39 is 0 Å². The quantitative estimate of drug-likeness (QED) is 0.654. The predicted octanol–water partition coefficient (Wildman–Crippen LogP) is 4.12. The van der Waals surface area contributed by atoms with Crippen molar-refractivity contribution in [2.24, 2.45) is 0 Å². The Hall–Kier alpha value is -2.31. The summed E-state index contributed by atoms with van der Waals surface area (Å²) < 4.78 is 11.8. The van der Waals surface area contributed by atoms with E-state index in [0.717, 1.165) is 42.5 Å². The Morgan fingerprint density at radius 1 is 1.27 bits per heavy atom. The molecule has 2 aromatic heterocycles. The Bertz CT molecular complexity index is 846. The highest BCUT2D eigenvalue weighted by molar-refractivity contribution is 7.13. The minimum Gasteiger partial charge on any atom is -0.485 e. The molecule has 26 heavy (non-hydrogen) atoms. The molecule has 0 radical (unpaired) electrons. The Balaban J connectivity index is 1.39. The first-order valence-electron chi connectivity index (χ1n) is 8.90. The lowest BCUT2D eigenvalue weighted by Gasteiger charge is -2.37. The van der Waals surface area contributed by atoms with E-state index in [1.807, 2.05) is 23.6 Å². The Kier molecular flexibility index (Phi) is 4.95. The molecular formula is C20H23N3O2S. The van der Waals surface area contributed by atoms with Crippen molar-refractivity contribution in [3.8, 4) is 16.5 Å². The topological polar surface area (TPSA) is 41.7 Å². The maximum Gasteiger partial charge on any atom is 0.236 e. The van der Waals surface area contributed by atoms with Crippen LogP contribution >= 0.6 is 11.3 Å². The summed E-state index contributed by atoms with van der Waals surface area (Å²) in [4.78, 5) is 10.3. The van der Waals surface area contributed by atoms with E-state index in [-0.39, 0.29) is 6.10 Å². The number of thiophene rings is 1. The summed E-state index contributed by atoms with van der Waals surface area (Å²) in [6, 6.07) is 12.3. The van der Waals surface area contributed by atoms with Crippen LogP contribution in [0, 0.1) is 0 Å². The average Bonchev–Trinajstić information content (AvgIpc) is 3.32. The van der Waals surface area contributed by atoms with Crippen molar-refractivity contribution in [1.29, 1.82) is 0 Å². The number of aromatic nitrogens is 1. The highest BCUT2D eigenvalue weighted by Crippen LogP contribution is 2.33. The molecule has 0 spiro atoms. The van der Waals surface area contributed by atoms with Crippen molar-refractivity contribution < 1.29 is 9.15 Å². The van der Waals surface area contributed by atoms with Crippen LogP contribution in [0.15, 0.2) is 52.5 Å². The van der Waals surface area contributed by atoms with Crippen molar-refractivity contribution >= 4 is 17.0 Å². The summed E-state index contributed by atoms with van der Waals surface area (Å²) >= 11 is 1.64. The van der Waals surface area contributed by atoms with Gasteiger partial charge in [0.25, 0.3) is 0 Å². The maximum absolute atomic E-state index is 6.21.